The standard InChI is InChI=1S/C23H27ClO2.C22H20ClNO2/c1-26-16-20-15-19(23(25)14-7-17-5-3-2-4-6-17)10-13-22(20)18-8-11-21(24)12-9-18;1-26-15-18-14-17(22(25)12-10-20-4-2-3-13-24-20)7-11-21(18)16-5-8-19(23)9-6-16/h8-13,15,17H,2-7,14,16H2,1H3;2-9,11,13-14H,10,12,15H2,1H3. The van der Waals surface area contributed by atoms with E-state index in [2.05, 4.69) is 4.98 Å². The van der Waals surface area contributed by atoms with E-state index in [9.17, 15) is 9.59 Å². The van der Waals surface area contributed by atoms with E-state index in [1.165, 1.54) is 32.1 Å². The summed E-state index contributed by atoms with van der Waals surface area (Å²) in [4.78, 5) is 29.5. The zero-order valence-electron chi connectivity index (χ0n) is 30.1. The molecule has 1 aromatic heterocycles. The van der Waals surface area contributed by atoms with Crippen LogP contribution in [0.25, 0.3) is 22.3 Å². The van der Waals surface area contributed by atoms with Crippen LogP contribution in [0.2, 0.25) is 10.0 Å². The highest BCUT2D eigenvalue weighted by Crippen LogP contribution is 2.31. The van der Waals surface area contributed by atoms with Crippen LogP contribution in [0.1, 0.15) is 88.9 Å². The summed E-state index contributed by atoms with van der Waals surface area (Å²) in [6.45, 7) is 0.932. The first-order valence-electron chi connectivity index (χ1n) is 18.1. The maximum Gasteiger partial charge on any atom is 0.163 e. The van der Waals surface area contributed by atoms with Gasteiger partial charge in [-0.1, -0.05) is 110 Å². The smallest absolute Gasteiger partial charge is 0.163 e. The second-order valence-corrected chi connectivity index (χ2v) is 14.2. The number of hydrogen-bond acceptors (Lipinski definition) is 5. The van der Waals surface area contributed by atoms with Crippen molar-refractivity contribution >= 4 is 34.8 Å². The Hall–Kier alpha value is -4.13. The van der Waals surface area contributed by atoms with Gasteiger partial charge in [-0.25, -0.2) is 0 Å². The first-order valence-corrected chi connectivity index (χ1v) is 18.8. The molecule has 0 aliphatic heterocycles. The summed E-state index contributed by atoms with van der Waals surface area (Å²) in [6.07, 6.45) is 11.1. The van der Waals surface area contributed by atoms with Crippen molar-refractivity contribution in [3.63, 3.8) is 0 Å². The lowest BCUT2D eigenvalue weighted by Gasteiger charge is -2.21. The molecule has 0 bridgehead atoms. The van der Waals surface area contributed by atoms with Gasteiger partial charge in [-0.05, 0) is 101 Å². The van der Waals surface area contributed by atoms with Crippen LogP contribution in [-0.2, 0) is 29.1 Å². The molecular formula is C45H47Cl2NO4. The van der Waals surface area contributed by atoms with Gasteiger partial charge in [-0.2, -0.15) is 0 Å². The molecule has 7 heteroatoms. The SMILES string of the molecule is COCc1cc(C(=O)CCC2CCCCC2)ccc1-c1ccc(Cl)cc1.COCc1cc(C(=O)CCc2ccccn2)ccc1-c1ccc(Cl)cc1. The fraction of sp³-hybridized carbons (Fsp3) is 0.311. The van der Waals surface area contributed by atoms with Crippen LogP contribution in [0.4, 0.5) is 0 Å². The first kappa shape index (κ1) is 39.1. The molecule has 270 valence electrons. The number of aryl methyl sites for hydroxylation is 1. The van der Waals surface area contributed by atoms with E-state index >= 15 is 0 Å². The highest BCUT2D eigenvalue weighted by Gasteiger charge is 2.17. The summed E-state index contributed by atoms with van der Waals surface area (Å²) in [7, 11) is 3.34. The molecule has 0 radical (unpaired) electrons. The Balaban J connectivity index is 0.000000201. The quantitative estimate of drug-likeness (QED) is 0.106. The zero-order chi connectivity index (χ0) is 36.7. The van der Waals surface area contributed by atoms with Gasteiger partial charge in [-0.3, -0.25) is 14.6 Å². The van der Waals surface area contributed by atoms with Crippen molar-refractivity contribution in [3.05, 3.63) is 147 Å². The minimum Gasteiger partial charge on any atom is -0.380 e. The Bertz CT molecular complexity index is 1890. The normalized spacial score (nSPS) is 12.9. The second kappa shape index (κ2) is 20.2. The average Bonchev–Trinajstić information content (AvgIpc) is 3.18. The number of Topliss-reactive ketones (excluding diaryl/α,β-unsaturated/α-hetero) is 2. The number of pyridine rings is 1. The lowest BCUT2D eigenvalue weighted by Crippen LogP contribution is -2.09. The topological polar surface area (TPSA) is 65.5 Å². The van der Waals surface area contributed by atoms with E-state index in [0.717, 1.165) is 62.0 Å². The minimum absolute atomic E-state index is 0.107. The van der Waals surface area contributed by atoms with Gasteiger partial charge in [-0.15, -0.1) is 0 Å². The largest absolute Gasteiger partial charge is 0.380 e. The third kappa shape index (κ3) is 11.4. The minimum atomic E-state index is 0.107. The summed E-state index contributed by atoms with van der Waals surface area (Å²) in [6, 6.07) is 32.9. The molecule has 52 heavy (non-hydrogen) atoms. The van der Waals surface area contributed by atoms with Gasteiger partial charge in [0.15, 0.2) is 11.6 Å². The Kier molecular flexibility index (Phi) is 15.2. The third-order valence-electron chi connectivity index (χ3n) is 9.60. The maximum atomic E-state index is 12.7. The maximum absolute atomic E-state index is 12.7. The van der Waals surface area contributed by atoms with Gasteiger partial charge in [0.05, 0.1) is 13.2 Å². The number of nitrogens with zero attached hydrogens (tertiary/aromatic N) is 1. The number of hydrogen-bond donors (Lipinski definition) is 0. The molecule has 0 saturated heterocycles. The van der Waals surface area contributed by atoms with Crippen LogP contribution < -0.4 is 0 Å². The highest BCUT2D eigenvalue weighted by atomic mass is 35.5. The molecule has 0 spiro atoms. The van der Waals surface area contributed by atoms with Crippen molar-refractivity contribution < 1.29 is 19.1 Å². The summed E-state index contributed by atoms with van der Waals surface area (Å²) in [5.41, 5.74) is 8.72. The van der Waals surface area contributed by atoms with Crippen molar-refractivity contribution in [1.29, 1.82) is 0 Å². The molecule has 0 N–H and O–H groups in total. The van der Waals surface area contributed by atoms with Gasteiger partial charge in [0.2, 0.25) is 0 Å². The molecular weight excluding hydrogens is 689 g/mol. The number of benzene rings is 4. The van der Waals surface area contributed by atoms with Crippen LogP contribution in [0.3, 0.4) is 0 Å². The lowest BCUT2D eigenvalue weighted by molar-refractivity contribution is 0.0966. The molecule has 1 saturated carbocycles. The van der Waals surface area contributed by atoms with Crippen molar-refractivity contribution in [3.8, 4) is 22.3 Å². The number of ketones is 2. The number of ether oxygens (including phenoxy) is 2. The number of methoxy groups -OCH3 is 2. The van der Waals surface area contributed by atoms with Gasteiger partial charge in [0.1, 0.15) is 0 Å². The summed E-state index contributed by atoms with van der Waals surface area (Å²) in [5, 5.41) is 1.42. The van der Waals surface area contributed by atoms with Crippen molar-refractivity contribution in [1.82, 2.24) is 4.98 Å². The number of carbonyl (C=O) groups excluding carboxylic acids is 2. The van der Waals surface area contributed by atoms with Crippen LogP contribution in [-0.4, -0.2) is 30.8 Å². The van der Waals surface area contributed by atoms with E-state index in [4.69, 9.17) is 32.7 Å². The van der Waals surface area contributed by atoms with Crippen LogP contribution >= 0.6 is 23.2 Å². The fourth-order valence-corrected chi connectivity index (χ4v) is 7.05. The summed E-state index contributed by atoms with van der Waals surface area (Å²) in [5.74, 6) is 1.09. The molecule has 0 amide bonds. The molecule has 1 aliphatic carbocycles. The Morgan fingerprint density at radius 1 is 0.654 bits per heavy atom. The van der Waals surface area contributed by atoms with Crippen LogP contribution in [0.15, 0.2) is 109 Å². The Labute approximate surface area is 318 Å². The van der Waals surface area contributed by atoms with Gasteiger partial charge in [0.25, 0.3) is 0 Å². The lowest BCUT2D eigenvalue weighted by atomic mass is 9.85. The highest BCUT2D eigenvalue weighted by molar-refractivity contribution is 6.31. The number of aromatic nitrogens is 1. The number of halogens is 2. The predicted octanol–water partition coefficient (Wildman–Crippen LogP) is 12.1. The molecule has 4 aromatic carbocycles. The molecule has 5 aromatic rings. The average molecular weight is 737 g/mol. The Morgan fingerprint density at radius 3 is 1.65 bits per heavy atom. The molecule has 0 atom stereocenters. The third-order valence-corrected chi connectivity index (χ3v) is 10.1. The van der Waals surface area contributed by atoms with E-state index < -0.39 is 0 Å². The van der Waals surface area contributed by atoms with E-state index in [1.807, 2.05) is 103 Å². The number of rotatable bonds is 14. The summed E-state index contributed by atoms with van der Waals surface area (Å²) < 4.78 is 10.7. The molecule has 5 nitrogen and oxygen atoms in total. The molecule has 6 rings (SSSR count). The van der Waals surface area contributed by atoms with E-state index in [0.29, 0.717) is 43.1 Å². The van der Waals surface area contributed by atoms with E-state index in [-0.39, 0.29) is 11.6 Å². The monoisotopic (exact) mass is 735 g/mol. The van der Waals surface area contributed by atoms with Gasteiger partial charge in [0, 0.05) is 60.1 Å². The fourth-order valence-electron chi connectivity index (χ4n) is 6.79. The summed E-state index contributed by atoms with van der Waals surface area (Å²) >= 11 is 12.0. The molecule has 0 unspecified atom stereocenters. The van der Waals surface area contributed by atoms with E-state index in [1.54, 1.807) is 20.4 Å². The van der Waals surface area contributed by atoms with Gasteiger partial charge >= 0.3 is 0 Å². The zero-order valence-corrected chi connectivity index (χ0v) is 31.6. The van der Waals surface area contributed by atoms with Crippen molar-refractivity contribution in [2.75, 3.05) is 14.2 Å². The van der Waals surface area contributed by atoms with Gasteiger partial charge < -0.3 is 9.47 Å². The first-order chi connectivity index (χ1) is 25.3. The van der Waals surface area contributed by atoms with Crippen LogP contribution in [0, 0.1) is 5.92 Å². The van der Waals surface area contributed by atoms with Crippen molar-refractivity contribution in [2.45, 2.75) is 71.0 Å². The molecule has 1 aliphatic rings. The predicted molar refractivity (Wildman–Crippen MR) is 212 cm³/mol. The van der Waals surface area contributed by atoms with Crippen molar-refractivity contribution in [2.24, 2.45) is 5.92 Å². The van der Waals surface area contributed by atoms with Crippen LogP contribution in [0.5, 0.6) is 0 Å². The Morgan fingerprint density at radius 2 is 1.17 bits per heavy atom. The number of carbonyl (C=O) groups is 2. The molecule has 1 heterocycles. The second-order valence-electron chi connectivity index (χ2n) is 13.3. The molecule has 1 fully saturated rings.